The molecular formula is C17H22FN3O3S. The molecule has 0 bridgehead atoms. The van der Waals surface area contributed by atoms with Crippen molar-refractivity contribution in [2.45, 2.75) is 25.3 Å². The molecule has 2 rings (SSSR count). The summed E-state index contributed by atoms with van der Waals surface area (Å²) in [6, 6.07) is 7.10. The number of aromatic nitrogens is 1. The Bertz CT molecular complexity index is 806. The maximum atomic E-state index is 13.4. The topological polar surface area (TPSA) is 71.5 Å². The zero-order valence-corrected chi connectivity index (χ0v) is 15.3. The monoisotopic (exact) mass is 367 g/mol. The standard InChI is InChI=1S/C17H22FN3O3S/c1-4-21(5-2)17-9-6-13(11-19-17)12-20-25(22,23)14-7-8-15(18)16(10-14)24-3/h6-11,20H,4-5,12H2,1-3H3. The summed E-state index contributed by atoms with van der Waals surface area (Å²) in [7, 11) is -2.50. The average Bonchev–Trinajstić information content (AvgIpc) is 2.62. The highest BCUT2D eigenvalue weighted by atomic mass is 32.2. The summed E-state index contributed by atoms with van der Waals surface area (Å²) in [6.07, 6.45) is 1.64. The SMILES string of the molecule is CCN(CC)c1ccc(CNS(=O)(=O)c2ccc(F)c(OC)c2)cn1. The van der Waals surface area contributed by atoms with Crippen LogP contribution in [0.1, 0.15) is 19.4 Å². The molecule has 6 nitrogen and oxygen atoms in total. The molecule has 25 heavy (non-hydrogen) atoms. The predicted octanol–water partition coefficient (Wildman–Crippen LogP) is 2.55. The van der Waals surface area contributed by atoms with Crippen LogP contribution in [0.2, 0.25) is 0 Å². The Balaban J connectivity index is 2.09. The first-order chi connectivity index (χ1) is 11.9. The summed E-state index contributed by atoms with van der Waals surface area (Å²) in [5.41, 5.74) is 0.730. The van der Waals surface area contributed by atoms with Crippen molar-refractivity contribution in [1.29, 1.82) is 0 Å². The molecule has 0 saturated heterocycles. The maximum absolute atomic E-state index is 13.4. The van der Waals surface area contributed by atoms with Gasteiger partial charge in [-0.05, 0) is 37.6 Å². The second-order valence-corrected chi connectivity index (χ2v) is 7.08. The van der Waals surface area contributed by atoms with Crippen molar-refractivity contribution in [3.8, 4) is 5.75 Å². The van der Waals surface area contributed by atoms with Crippen molar-refractivity contribution in [2.24, 2.45) is 0 Å². The van der Waals surface area contributed by atoms with Gasteiger partial charge in [0, 0.05) is 31.9 Å². The summed E-state index contributed by atoms with van der Waals surface area (Å²) in [5.74, 6) is 0.116. The van der Waals surface area contributed by atoms with Crippen LogP contribution in [0.5, 0.6) is 5.75 Å². The van der Waals surface area contributed by atoms with Gasteiger partial charge >= 0.3 is 0 Å². The van der Waals surface area contributed by atoms with E-state index in [-0.39, 0.29) is 17.2 Å². The normalized spacial score (nSPS) is 11.4. The molecule has 136 valence electrons. The van der Waals surface area contributed by atoms with E-state index in [0.29, 0.717) is 0 Å². The second-order valence-electron chi connectivity index (χ2n) is 5.32. The van der Waals surface area contributed by atoms with E-state index in [1.165, 1.54) is 13.2 Å². The Morgan fingerprint density at radius 3 is 2.48 bits per heavy atom. The Morgan fingerprint density at radius 2 is 1.92 bits per heavy atom. The molecule has 1 aromatic heterocycles. The second kappa shape index (κ2) is 8.26. The minimum Gasteiger partial charge on any atom is -0.494 e. The summed E-state index contributed by atoms with van der Waals surface area (Å²) < 4.78 is 45.4. The fraction of sp³-hybridized carbons (Fsp3) is 0.353. The average molecular weight is 367 g/mol. The van der Waals surface area contributed by atoms with Gasteiger partial charge in [0.1, 0.15) is 5.82 Å². The molecule has 0 amide bonds. The van der Waals surface area contributed by atoms with Gasteiger partial charge < -0.3 is 9.64 Å². The fourth-order valence-corrected chi connectivity index (χ4v) is 3.36. The fourth-order valence-electron chi connectivity index (χ4n) is 2.32. The van der Waals surface area contributed by atoms with Crippen LogP contribution in [-0.2, 0) is 16.6 Å². The van der Waals surface area contributed by atoms with Crippen molar-refractivity contribution < 1.29 is 17.5 Å². The van der Waals surface area contributed by atoms with E-state index in [9.17, 15) is 12.8 Å². The quantitative estimate of drug-likeness (QED) is 0.776. The molecule has 0 atom stereocenters. The zero-order valence-electron chi connectivity index (χ0n) is 14.5. The van der Waals surface area contributed by atoms with Crippen LogP contribution in [-0.4, -0.2) is 33.6 Å². The molecule has 0 aliphatic carbocycles. The van der Waals surface area contributed by atoms with E-state index in [1.807, 2.05) is 26.0 Å². The lowest BCUT2D eigenvalue weighted by Gasteiger charge is -2.19. The highest BCUT2D eigenvalue weighted by Crippen LogP contribution is 2.21. The molecule has 0 radical (unpaired) electrons. The van der Waals surface area contributed by atoms with Crippen molar-refractivity contribution >= 4 is 15.8 Å². The summed E-state index contributed by atoms with van der Waals surface area (Å²) >= 11 is 0. The van der Waals surface area contributed by atoms with Gasteiger partial charge in [0.25, 0.3) is 0 Å². The van der Waals surface area contributed by atoms with Gasteiger partial charge in [0.05, 0.1) is 12.0 Å². The van der Waals surface area contributed by atoms with Crippen LogP contribution in [0.4, 0.5) is 10.2 Å². The Kier molecular flexibility index (Phi) is 6.33. The molecule has 0 saturated carbocycles. The smallest absolute Gasteiger partial charge is 0.241 e. The predicted molar refractivity (Wildman–Crippen MR) is 94.8 cm³/mol. The van der Waals surface area contributed by atoms with Crippen molar-refractivity contribution in [1.82, 2.24) is 9.71 Å². The first-order valence-corrected chi connectivity index (χ1v) is 9.42. The van der Waals surface area contributed by atoms with Crippen LogP contribution in [0.3, 0.4) is 0 Å². The van der Waals surface area contributed by atoms with Gasteiger partial charge in [-0.2, -0.15) is 0 Å². The van der Waals surface area contributed by atoms with Gasteiger partial charge in [-0.3, -0.25) is 0 Å². The number of benzene rings is 1. The van der Waals surface area contributed by atoms with Gasteiger partial charge in [0.15, 0.2) is 11.6 Å². The first kappa shape index (κ1) is 19.1. The number of anilines is 1. The molecule has 1 aromatic carbocycles. The van der Waals surface area contributed by atoms with Gasteiger partial charge in [-0.25, -0.2) is 22.5 Å². The number of halogens is 1. The highest BCUT2D eigenvalue weighted by Gasteiger charge is 2.16. The molecular weight excluding hydrogens is 345 g/mol. The molecule has 8 heteroatoms. The molecule has 0 unspecified atom stereocenters. The molecule has 0 aliphatic rings. The number of nitrogens with one attached hydrogen (secondary N) is 1. The summed E-state index contributed by atoms with van der Waals surface area (Å²) in [5, 5.41) is 0. The maximum Gasteiger partial charge on any atom is 0.241 e. The number of hydrogen-bond acceptors (Lipinski definition) is 5. The number of pyridine rings is 1. The largest absolute Gasteiger partial charge is 0.494 e. The van der Waals surface area contributed by atoms with E-state index < -0.39 is 15.8 Å². The van der Waals surface area contributed by atoms with Crippen molar-refractivity contribution in [2.75, 3.05) is 25.1 Å². The summed E-state index contributed by atoms with van der Waals surface area (Å²) in [6.45, 7) is 5.88. The van der Waals surface area contributed by atoms with E-state index in [0.717, 1.165) is 36.6 Å². The van der Waals surface area contributed by atoms with Gasteiger partial charge in [-0.1, -0.05) is 6.07 Å². The highest BCUT2D eigenvalue weighted by molar-refractivity contribution is 7.89. The third kappa shape index (κ3) is 4.67. The first-order valence-electron chi connectivity index (χ1n) is 7.94. The molecule has 1 N–H and O–H groups in total. The number of hydrogen-bond donors (Lipinski definition) is 1. The number of sulfonamides is 1. The number of methoxy groups -OCH3 is 1. The van der Waals surface area contributed by atoms with E-state index in [4.69, 9.17) is 4.74 Å². The molecule has 1 heterocycles. The lowest BCUT2D eigenvalue weighted by molar-refractivity contribution is 0.385. The minimum atomic E-state index is -3.78. The molecule has 0 fully saturated rings. The number of ether oxygens (including phenoxy) is 1. The zero-order chi connectivity index (χ0) is 18.4. The van der Waals surface area contributed by atoms with Crippen molar-refractivity contribution in [3.05, 3.63) is 47.9 Å². The Labute approximate surface area is 147 Å². The van der Waals surface area contributed by atoms with E-state index in [2.05, 4.69) is 14.6 Å². The molecule has 2 aromatic rings. The molecule has 0 aliphatic heterocycles. The lowest BCUT2D eigenvalue weighted by Crippen LogP contribution is -2.24. The third-order valence-electron chi connectivity index (χ3n) is 3.80. The number of nitrogens with zero attached hydrogens (tertiary/aromatic N) is 2. The Hall–Kier alpha value is -2.19. The molecule has 0 spiro atoms. The van der Waals surface area contributed by atoms with Crippen LogP contribution in [0.15, 0.2) is 41.4 Å². The van der Waals surface area contributed by atoms with E-state index >= 15 is 0 Å². The van der Waals surface area contributed by atoms with Crippen LogP contribution < -0.4 is 14.4 Å². The van der Waals surface area contributed by atoms with Gasteiger partial charge in [-0.15, -0.1) is 0 Å². The minimum absolute atomic E-state index is 0.0570. The van der Waals surface area contributed by atoms with Gasteiger partial charge in [0.2, 0.25) is 10.0 Å². The van der Waals surface area contributed by atoms with E-state index in [1.54, 1.807) is 6.20 Å². The third-order valence-corrected chi connectivity index (χ3v) is 5.19. The number of rotatable bonds is 8. The van der Waals surface area contributed by atoms with Crippen molar-refractivity contribution in [3.63, 3.8) is 0 Å². The van der Waals surface area contributed by atoms with Crippen LogP contribution >= 0.6 is 0 Å². The lowest BCUT2D eigenvalue weighted by atomic mass is 10.3. The van der Waals surface area contributed by atoms with Crippen LogP contribution in [0, 0.1) is 5.82 Å². The van der Waals surface area contributed by atoms with Crippen LogP contribution in [0.25, 0.3) is 0 Å². The summed E-state index contributed by atoms with van der Waals surface area (Å²) in [4.78, 5) is 6.39. The Morgan fingerprint density at radius 1 is 1.20 bits per heavy atom.